The number of carbonyl (C=O) groups is 3. The van der Waals surface area contributed by atoms with Crippen molar-refractivity contribution in [1.82, 2.24) is 9.47 Å². The molecule has 2 N–H and O–H groups in total. The highest BCUT2D eigenvalue weighted by molar-refractivity contribution is 5.99. The van der Waals surface area contributed by atoms with E-state index in [1.807, 2.05) is 32.9 Å². The molecule has 1 aliphatic heterocycles. The van der Waals surface area contributed by atoms with Crippen LogP contribution in [0.2, 0.25) is 0 Å². The number of amides is 2. The lowest BCUT2D eigenvalue weighted by Crippen LogP contribution is -2.44. The fourth-order valence-electron chi connectivity index (χ4n) is 3.68. The average molecular weight is 385 g/mol. The van der Waals surface area contributed by atoms with Crippen LogP contribution in [0.3, 0.4) is 0 Å². The van der Waals surface area contributed by atoms with E-state index in [0.717, 1.165) is 17.3 Å². The van der Waals surface area contributed by atoms with Gasteiger partial charge in [-0.05, 0) is 42.5 Å². The minimum absolute atomic E-state index is 0.0198. The number of carboxylic acid groups (broad SMARTS) is 1. The predicted octanol–water partition coefficient (Wildman–Crippen LogP) is 3.09. The highest BCUT2D eigenvalue weighted by atomic mass is 16.4. The van der Waals surface area contributed by atoms with Crippen LogP contribution in [0.25, 0.3) is 10.9 Å². The van der Waals surface area contributed by atoms with Crippen molar-refractivity contribution in [2.24, 2.45) is 5.41 Å². The monoisotopic (exact) mass is 385 g/mol. The predicted molar refractivity (Wildman–Crippen MR) is 107 cm³/mol. The van der Waals surface area contributed by atoms with Gasteiger partial charge in [-0.1, -0.05) is 20.8 Å². The molecule has 1 saturated heterocycles. The third-order valence-corrected chi connectivity index (χ3v) is 4.90. The van der Waals surface area contributed by atoms with Gasteiger partial charge in [-0.25, -0.2) is 0 Å². The van der Waals surface area contributed by atoms with Crippen LogP contribution >= 0.6 is 0 Å². The summed E-state index contributed by atoms with van der Waals surface area (Å²) in [7, 11) is 0. The first-order valence-corrected chi connectivity index (χ1v) is 9.55. The molecule has 28 heavy (non-hydrogen) atoms. The lowest BCUT2D eigenvalue weighted by Gasteiger charge is -2.27. The largest absolute Gasteiger partial charge is 0.480 e. The molecular weight excluding hydrogens is 358 g/mol. The van der Waals surface area contributed by atoms with Crippen molar-refractivity contribution < 1.29 is 19.5 Å². The number of anilines is 1. The van der Waals surface area contributed by atoms with E-state index in [-0.39, 0.29) is 23.8 Å². The normalized spacial score (nSPS) is 17.1. The Bertz CT molecular complexity index is 910. The molecule has 0 spiro atoms. The van der Waals surface area contributed by atoms with Gasteiger partial charge in [0.1, 0.15) is 12.6 Å². The maximum absolute atomic E-state index is 12.8. The number of carbonyl (C=O) groups excluding carboxylic acids is 2. The zero-order valence-corrected chi connectivity index (χ0v) is 16.6. The van der Waals surface area contributed by atoms with Gasteiger partial charge in [0.05, 0.1) is 0 Å². The van der Waals surface area contributed by atoms with Gasteiger partial charge in [0.15, 0.2) is 0 Å². The van der Waals surface area contributed by atoms with Crippen LogP contribution in [0, 0.1) is 5.41 Å². The number of carboxylic acids is 1. The molecule has 2 heterocycles. The average Bonchev–Trinajstić information content (AvgIpc) is 3.20. The zero-order valence-electron chi connectivity index (χ0n) is 16.6. The van der Waals surface area contributed by atoms with E-state index in [2.05, 4.69) is 5.32 Å². The van der Waals surface area contributed by atoms with Crippen LogP contribution in [-0.2, 0) is 20.9 Å². The van der Waals surface area contributed by atoms with E-state index < -0.39 is 12.0 Å². The molecule has 7 nitrogen and oxygen atoms in total. The van der Waals surface area contributed by atoms with Gasteiger partial charge < -0.3 is 19.9 Å². The molecule has 0 radical (unpaired) electrons. The van der Waals surface area contributed by atoms with Gasteiger partial charge >= 0.3 is 5.97 Å². The van der Waals surface area contributed by atoms with Gasteiger partial charge in [-0.2, -0.15) is 0 Å². The molecule has 0 aliphatic carbocycles. The third kappa shape index (κ3) is 4.52. The molecule has 1 aromatic heterocycles. The van der Waals surface area contributed by atoms with Gasteiger partial charge in [0, 0.05) is 35.8 Å². The summed E-state index contributed by atoms with van der Waals surface area (Å²) >= 11 is 0. The second-order valence-corrected chi connectivity index (χ2v) is 8.58. The molecule has 2 aromatic rings. The molecule has 1 fully saturated rings. The Morgan fingerprint density at radius 3 is 2.64 bits per heavy atom. The molecule has 2 amide bonds. The van der Waals surface area contributed by atoms with Crippen molar-refractivity contribution in [2.45, 2.75) is 52.6 Å². The topological polar surface area (TPSA) is 91.6 Å². The fraction of sp³-hybridized carbons (Fsp3) is 0.476. The number of hydrogen-bond acceptors (Lipinski definition) is 3. The minimum atomic E-state index is -0.906. The Morgan fingerprint density at radius 2 is 1.96 bits per heavy atom. The summed E-state index contributed by atoms with van der Waals surface area (Å²) in [4.78, 5) is 38.0. The Kier molecular flexibility index (Phi) is 5.45. The summed E-state index contributed by atoms with van der Waals surface area (Å²) < 4.78 is 1.65. The van der Waals surface area contributed by atoms with E-state index in [9.17, 15) is 14.4 Å². The van der Waals surface area contributed by atoms with Gasteiger partial charge in [-0.15, -0.1) is 0 Å². The lowest BCUT2D eigenvalue weighted by atomic mass is 9.91. The number of nitrogens with zero attached hydrogens (tertiary/aromatic N) is 2. The smallest absolute Gasteiger partial charge is 0.323 e. The van der Waals surface area contributed by atoms with Crippen molar-refractivity contribution in [3.63, 3.8) is 0 Å². The van der Waals surface area contributed by atoms with Crippen molar-refractivity contribution >= 4 is 34.4 Å². The van der Waals surface area contributed by atoms with Crippen LogP contribution in [0.1, 0.15) is 40.0 Å². The van der Waals surface area contributed by atoms with Crippen LogP contribution < -0.4 is 5.32 Å². The van der Waals surface area contributed by atoms with Crippen LogP contribution in [0.15, 0.2) is 30.5 Å². The van der Waals surface area contributed by atoms with Gasteiger partial charge in [0.25, 0.3) is 0 Å². The van der Waals surface area contributed by atoms with Crippen LogP contribution in [0.4, 0.5) is 5.69 Å². The maximum Gasteiger partial charge on any atom is 0.323 e. The van der Waals surface area contributed by atoms with E-state index in [1.54, 1.807) is 27.8 Å². The van der Waals surface area contributed by atoms with Gasteiger partial charge in [-0.3, -0.25) is 14.4 Å². The molecule has 1 aliphatic rings. The third-order valence-electron chi connectivity index (χ3n) is 4.90. The SMILES string of the molecule is CC(C)(C)CC(=O)N1CCCC1C(=O)Nc1ccc2c(ccn2CC(=O)O)c1. The number of hydrogen-bond donors (Lipinski definition) is 2. The van der Waals surface area contributed by atoms with Crippen LogP contribution in [0.5, 0.6) is 0 Å². The molecule has 7 heteroatoms. The number of aromatic nitrogens is 1. The standard InChI is InChI=1S/C21H27N3O4/c1-21(2,3)12-18(25)24-9-4-5-17(24)20(28)22-15-6-7-16-14(11-15)8-10-23(16)13-19(26)27/h6-8,10-11,17H,4-5,9,12-13H2,1-3H3,(H,22,28)(H,26,27). The Hall–Kier alpha value is -2.83. The Labute approximate surface area is 164 Å². The fourth-order valence-corrected chi connectivity index (χ4v) is 3.68. The molecule has 1 aromatic carbocycles. The molecular formula is C21H27N3O4. The Balaban J connectivity index is 1.71. The number of aliphatic carboxylic acids is 1. The molecule has 1 unspecified atom stereocenters. The highest BCUT2D eigenvalue weighted by Gasteiger charge is 2.35. The van der Waals surface area contributed by atoms with Crippen LogP contribution in [-0.4, -0.2) is 44.9 Å². The first-order valence-electron chi connectivity index (χ1n) is 9.55. The van der Waals surface area contributed by atoms with E-state index >= 15 is 0 Å². The summed E-state index contributed by atoms with van der Waals surface area (Å²) in [6, 6.07) is 6.76. The zero-order chi connectivity index (χ0) is 20.5. The first kappa shape index (κ1) is 19.9. The Morgan fingerprint density at radius 1 is 1.21 bits per heavy atom. The summed E-state index contributed by atoms with van der Waals surface area (Å²) in [6.45, 7) is 6.55. The molecule has 0 saturated carbocycles. The number of rotatable bonds is 5. The molecule has 0 bridgehead atoms. The van der Waals surface area contributed by atoms with Gasteiger partial charge in [0.2, 0.25) is 11.8 Å². The highest BCUT2D eigenvalue weighted by Crippen LogP contribution is 2.26. The van der Waals surface area contributed by atoms with Crippen molar-refractivity contribution in [1.29, 1.82) is 0 Å². The number of fused-ring (bicyclic) bond motifs is 1. The minimum Gasteiger partial charge on any atom is -0.480 e. The maximum atomic E-state index is 12.8. The van der Waals surface area contributed by atoms with E-state index in [4.69, 9.17) is 5.11 Å². The van der Waals surface area contributed by atoms with Crippen molar-refractivity contribution in [2.75, 3.05) is 11.9 Å². The van der Waals surface area contributed by atoms with E-state index in [0.29, 0.717) is 25.1 Å². The molecule has 150 valence electrons. The number of benzene rings is 1. The summed E-state index contributed by atoms with van der Waals surface area (Å²) in [5.41, 5.74) is 1.32. The molecule has 1 atom stereocenters. The quantitative estimate of drug-likeness (QED) is 0.827. The summed E-state index contributed by atoms with van der Waals surface area (Å²) in [5, 5.41) is 12.7. The second-order valence-electron chi connectivity index (χ2n) is 8.58. The van der Waals surface area contributed by atoms with Crippen molar-refractivity contribution in [3.05, 3.63) is 30.5 Å². The van der Waals surface area contributed by atoms with E-state index in [1.165, 1.54) is 0 Å². The second kappa shape index (κ2) is 7.66. The summed E-state index contributed by atoms with van der Waals surface area (Å²) in [6.07, 6.45) is 3.62. The van der Waals surface area contributed by atoms with Crippen molar-refractivity contribution in [3.8, 4) is 0 Å². The number of nitrogens with one attached hydrogen (secondary N) is 1. The summed E-state index contributed by atoms with van der Waals surface area (Å²) in [5.74, 6) is -1.06. The lowest BCUT2D eigenvalue weighted by molar-refractivity contribution is -0.138. The molecule has 3 rings (SSSR count). The first-order chi connectivity index (χ1) is 13.1. The number of likely N-dealkylation sites (tertiary alicyclic amines) is 1.